The molecule has 10 nitrogen and oxygen atoms in total. The number of pyridine rings is 1. The second-order valence-corrected chi connectivity index (χ2v) is 9.55. The van der Waals surface area contributed by atoms with Gasteiger partial charge >= 0.3 is 6.18 Å². The van der Waals surface area contributed by atoms with Gasteiger partial charge in [0.1, 0.15) is 23.3 Å². The number of hydrogen-bond donors (Lipinski definition) is 3. The van der Waals surface area contributed by atoms with Crippen LogP contribution in [-0.4, -0.2) is 70.4 Å². The summed E-state index contributed by atoms with van der Waals surface area (Å²) in [5.41, 5.74) is -0.146. The summed E-state index contributed by atoms with van der Waals surface area (Å²) < 4.78 is 43.9. The number of benzene rings is 1. The van der Waals surface area contributed by atoms with Gasteiger partial charge in [0, 0.05) is 43.5 Å². The second-order valence-electron chi connectivity index (χ2n) is 9.55. The number of carbonyl (C=O) groups excluding carboxylic acids is 2. The highest BCUT2D eigenvalue weighted by atomic mass is 19.4. The fourth-order valence-corrected chi connectivity index (χ4v) is 4.50. The molecule has 3 N–H and O–H groups in total. The van der Waals surface area contributed by atoms with E-state index < -0.39 is 17.8 Å². The number of likely N-dealkylation sites (tertiary alicyclic amines) is 1. The van der Waals surface area contributed by atoms with Crippen LogP contribution in [0.4, 0.5) is 19.0 Å². The molecule has 2 saturated heterocycles. The molecule has 0 radical (unpaired) electrons. The van der Waals surface area contributed by atoms with Crippen molar-refractivity contribution >= 4 is 17.6 Å². The Balaban J connectivity index is 1.32. The molecule has 0 aliphatic carbocycles. The molecule has 1 aromatic carbocycles. The first kappa shape index (κ1) is 27.3. The molecule has 2 fully saturated rings. The minimum atomic E-state index is -4.48. The number of alkyl halides is 3. The predicted molar refractivity (Wildman–Crippen MR) is 140 cm³/mol. The normalized spacial score (nSPS) is 17.5. The molecule has 2 aliphatic rings. The molecular weight excluding hydrogens is 527 g/mol. The van der Waals surface area contributed by atoms with Crippen molar-refractivity contribution in [3.63, 3.8) is 0 Å². The molecule has 13 heteroatoms. The maximum absolute atomic E-state index is 13.0. The third kappa shape index (κ3) is 6.84. The third-order valence-electron chi connectivity index (χ3n) is 6.64. The Kier molecular flexibility index (Phi) is 8.10. The van der Waals surface area contributed by atoms with Crippen molar-refractivity contribution in [3.8, 4) is 23.0 Å². The molecular formula is C27H28F3N7O3. The first-order valence-electron chi connectivity index (χ1n) is 13.0. The summed E-state index contributed by atoms with van der Waals surface area (Å²) in [4.78, 5) is 40.1. The SMILES string of the molecule is O=C(NCCN1CCCC1)c1cc(N[C@H]2CCNC2=O)nc(-c2ccc(Oc3ccc(C(F)(F)F)cn3)cc2)n1. The van der Waals surface area contributed by atoms with Crippen LogP contribution < -0.4 is 20.7 Å². The standard InChI is InChI=1S/C27H28F3N7O3/c28-27(29,30)18-5-8-23(33-16-18)40-19-6-3-17(4-7-19)24-35-21(26(39)32-11-14-37-12-1-2-13-37)15-22(36-24)34-20-9-10-31-25(20)38/h3-8,15-16,20H,1-2,9-14H2,(H,31,38)(H,32,39)(H,34,35,36)/t20-/m0/s1. The van der Waals surface area contributed by atoms with Crippen molar-refractivity contribution in [3.05, 3.63) is 59.9 Å². The summed E-state index contributed by atoms with van der Waals surface area (Å²) in [6.07, 6.45) is -0.866. The van der Waals surface area contributed by atoms with Gasteiger partial charge in [0.2, 0.25) is 11.8 Å². The van der Waals surface area contributed by atoms with Crippen LogP contribution in [0.1, 0.15) is 35.3 Å². The number of aromatic nitrogens is 3. The summed E-state index contributed by atoms with van der Waals surface area (Å²) in [6.45, 7) is 3.84. The molecule has 5 rings (SSSR count). The Morgan fingerprint density at radius 1 is 1.10 bits per heavy atom. The lowest BCUT2D eigenvalue weighted by Gasteiger charge is -2.16. The van der Waals surface area contributed by atoms with Crippen LogP contribution in [-0.2, 0) is 11.0 Å². The van der Waals surface area contributed by atoms with E-state index in [9.17, 15) is 22.8 Å². The molecule has 3 aromatic rings. The van der Waals surface area contributed by atoms with E-state index in [0.29, 0.717) is 42.8 Å². The van der Waals surface area contributed by atoms with Gasteiger partial charge in [-0.2, -0.15) is 13.2 Å². The van der Waals surface area contributed by atoms with E-state index in [2.05, 4.69) is 35.8 Å². The zero-order valence-electron chi connectivity index (χ0n) is 21.5. The number of halogens is 3. The van der Waals surface area contributed by atoms with Gasteiger partial charge in [-0.1, -0.05) is 0 Å². The van der Waals surface area contributed by atoms with Gasteiger partial charge in [-0.15, -0.1) is 0 Å². The first-order chi connectivity index (χ1) is 19.2. The van der Waals surface area contributed by atoms with Crippen LogP contribution in [0.2, 0.25) is 0 Å². The maximum Gasteiger partial charge on any atom is 0.417 e. The molecule has 1 atom stereocenters. The highest BCUT2D eigenvalue weighted by Gasteiger charge is 2.30. The molecule has 2 aromatic heterocycles. The van der Waals surface area contributed by atoms with Crippen molar-refractivity contribution in [2.24, 2.45) is 0 Å². The number of hydrogen-bond acceptors (Lipinski definition) is 8. The Hall–Kier alpha value is -4.26. The average Bonchev–Trinajstić information content (AvgIpc) is 3.60. The van der Waals surface area contributed by atoms with Gasteiger partial charge in [0.05, 0.1) is 5.56 Å². The van der Waals surface area contributed by atoms with Crippen molar-refractivity contribution in [1.29, 1.82) is 0 Å². The van der Waals surface area contributed by atoms with Crippen LogP contribution in [0.5, 0.6) is 11.6 Å². The van der Waals surface area contributed by atoms with Crippen molar-refractivity contribution < 1.29 is 27.5 Å². The van der Waals surface area contributed by atoms with Crippen molar-refractivity contribution in [2.45, 2.75) is 31.5 Å². The van der Waals surface area contributed by atoms with E-state index in [4.69, 9.17) is 4.74 Å². The van der Waals surface area contributed by atoms with Gasteiger partial charge in [-0.3, -0.25) is 9.59 Å². The van der Waals surface area contributed by atoms with E-state index in [1.54, 1.807) is 24.3 Å². The molecule has 210 valence electrons. The quantitative estimate of drug-likeness (QED) is 0.367. The molecule has 40 heavy (non-hydrogen) atoms. The highest BCUT2D eigenvalue weighted by Crippen LogP contribution is 2.30. The van der Waals surface area contributed by atoms with Gasteiger partial charge in [0.15, 0.2) is 5.82 Å². The Morgan fingerprint density at radius 3 is 2.52 bits per heavy atom. The van der Waals surface area contributed by atoms with E-state index >= 15 is 0 Å². The number of ether oxygens (including phenoxy) is 1. The third-order valence-corrected chi connectivity index (χ3v) is 6.64. The predicted octanol–water partition coefficient (Wildman–Crippen LogP) is 3.48. The zero-order chi connectivity index (χ0) is 28.1. The fraction of sp³-hybridized carbons (Fsp3) is 0.370. The number of nitrogens with zero attached hydrogens (tertiary/aromatic N) is 4. The van der Waals surface area contributed by atoms with Crippen LogP contribution in [0, 0.1) is 0 Å². The largest absolute Gasteiger partial charge is 0.439 e. The lowest BCUT2D eigenvalue weighted by molar-refractivity contribution is -0.137. The topological polar surface area (TPSA) is 121 Å². The average molecular weight is 556 g/mol. The van der Waals surface area contributed by atoms with Crippen LogP contribution in [0.25, 0.3) is 11.4 Å². The smallest absolute Gasteiger partial charge is 0.417 e. The Bertz CT molecular complexity index is 1340. The first-order valence-corrected chi connectivity index (χ1v) is 13.0. The molecule has 0 unspecified atom stereocenters. The van der Waals surface area contributed by atoms with E-state index in [0.717, 1.165) is 44.6 Å². The van der Waals surface area contributed by atoms with Crippen molar-refractivity contribution in [2.75, 3.05) is 38.0 Å². The molecule has 0 spiro atoms. The van der Waals surface area contributed by atoms with E-state index in [1.165, 1.54) is 6.07 Å². The number of amides is 2. The monoisotopic (exact) mass is 555 g/mol. The van der Waals surface area contributed by atoms with Crippen molar-refractivity contribution in [1.82, 2.24) is 30.5 Å². The number of rotatable bonds is 9. The summed E-state index contributed by atoms with van der Waals surface area (Å²) in [5.74, 6) is 0.447. The Morgan fingerprint density at radius 2 is 1.88 bits per heavy atom. The van der Waals surface area contributed by atoms with Crippen LogP contribution in [0.15, 0.2) is 48.7 Å². The molecule has 2 amide bonds. The molecule has 0 bridgehead atoms. The number of anilines is 1. The summed E-state index contributed by atoms with van der Waals surface area (Å²) in [5, 5.41) is 8.76. The lowest BCUT2D eigenvalue weighted by Crippen LogP contribution is -2.34. The van der Waals surface area contributed by atoms with Gasteiger partial charge in [0.25, 0.3) is 5.91 Å². The number of nitrogens with one attached hydrogen (secondary N) is 3. The van der Waals surface area contributed by atoms with Gasteiger partial charge in [-0.25, -0.2) is 15.0 Å². The van der Waals surface area contributed by atoms with E-state index in [1.807, 2.05) is 0 Å². The molecule has 2 aliphatic heterocycles. The highest BCUT2D eigenvalue weighted by molar-refractivity contribution is 5.94. The zero-order valence-corrected chi connectivity index (χ0v) is 21.5. The maximum atomic E-state index is 13.0. The second kappa shape index (κ2) is 11.9. The molecule has 0 saturated carbocycles. The minimum Gasteiger partial charge on any atom is -0.439 e. The van der Waals surface area contributed by atoms with E-state index in [-0.39, 0.29) is 29.2 Å². The van der Waals surface area contributed by atoms with Crippen LogP contribution >= 0.6 is 0 Å². The summed E-state index contributed by atoms with van der Waals surface area (Å²) in [7, 11) is 0. The van der Waals surface area contributed by atoms with Gasteiger partial charge < -0.3 is 25.6 Å². The summed E-state index contributed by atoms with van der Waals surface area (Å²) >= 11 is 0. The summed E-state index contributed by atoms with van der Waals surface area (Å²) in [6, 6.07) is 9.60. The van der Waals surface area contributed by atoms with Gasteiger partial charge in [-0.05, 0) is 62.7 Å². The lowest BCUT2D eigenvalue weighted by atomic mass is 10.2. The minimum absolute atomic E-state index is 0.00549. The van der Waals surface area contributed by atoms with Crippen LogP contribution in [0.3, 0.4) is 0 Å². The Labute approximate surface area is 228 Å². The number of carbonyl (C=O) groups is 2. The fourth-order valence-electron chi connectivity index (χ4n) is 4.50. The molecule has 4 heterocycles.